The molecule has 0 saturated carbocycles. The van der Waals surface area contributed by atoms with Crippen LogP contribution in [0.2, 0.25) is 0 Å². The maximum Gasteiger partial charge on any atom is 0.308 e. The van der Waals surface area contributed by atoms with Gasteiger partial charge in [0.05, 0.1) is 18.5 Å². The number of para-hydroxylation sites is 1. The van der Waals surface area contributed by atoms with Gasteiger partial charge in [0.25, 0.3) is 0 Å². The van der Waals surface area contributed by atoms with Gasteiger partial charge < -0.3 is 15.0 Å². The van der Waals surface area contributed by atoms with E-state index in [1.54, 1.807) is 7.05 Å². The second-order valence-corrected chi connectivity index (χ2v) is 6.18. The van der Waals surface area contributed by atoms with Crippen molar-refractivity contribution in [2.24, 2.45) is 10.9 Å². The van der Waals surface area contributed by atoms with Crippen LogP contribution in [0.5, 0.6) is 0 Å². The molecule has 1 N–H and O–H groups in total. The predicted octanol–water partition coefficient (Wildman–Crippen LogP) is 2.81. The summed E-state index contributed by atoms with van der Waals surface area (Å²) in [5.74, 6) is 0.752. The highest BCUT2D eigenvalue weighted by molar-refractivity contribution is 14.0. The second-order valence-electron chi connectivity index (χ2n) is 6.18. The SMILES string of the molecule is CN=C(NCc1cccc2cccnc12)N1CCC(C(=O)OC)CC1.I. The van der Waals surface area contributed by atoms with Crippen molar-refractivity contribution in [3.63, 3.8) is 0 Å². The quantitative estimate of drug-likeness (QED) is 0.325. The molecule has 3 rings (SSSR count). The Morgan fingerprint density at radius 3 is 2.73 bits per heavy atom. The summed E-state index contributed by atoms with van der Waals surface area (Å²) in [4.78, 5) is 22.7. The average Bonchev–Trinajstić information content (AvgIpc) is 2.68. The molecule has 2 aromatic rings. The monoisotopic (exact) mass is 468 g/mol. The molecule has 26 heavy (non-hydrogen) atoms. The van der Waals surface area contributed by atoms with Crippen molar-refractivity contribution in [1.29, 1.82) is 0 Å². The number of benzene rings is 1. The number of carbonyl (C=O) groups excluding carboxylic acids is 1. The van der Waals surface area contributed by atoms with Gasteiger partial charge in [-0.25, -0.2) is 0 Å². The van der Waals surface area contributed by atoms with E-state index in [1.165, 1.54) is 7.11 Å². The van der Waals surface area contributed by atoms with E-state index in [-0.39, 0.29) is 35.9 Å². The zero-order chi connectivity index (χ0) is 17.6. The van der Waals surface area contributed by atoms with Gasteiger partial charge in [-0.15, -0.1) is 24.0 Å². The Balaban J connectivity index is 0.00000243. The number of pyridine rings is 1. The van der Waals surface area contributed by atoms with Gasteiger partial charge in [-0.05, 0) is 24.5 Å². The van der Waals surface area contributed by atoms with Crippen molar-refractivity contribution in [2.45, 2.75) is 19.4 Å². The Hall–Kier alpha value is -1.90. The number of piperidine rings is 1. The van der Waals surface area contributed by atoms with Crippen LogP contribution in [0.1, 0.15) is 18.4 Å². The number of fused-ring (bicyclic) bond motifs is 1. The number of rotatable bonds is 3. The van der Waals surface area contributed by atoms with E-state index in [2.05, 4.69) is 38.4 Å². The Bertz CT molecular complexity index is 768. The van der Waals surface area contributed by atoms with Crippen LogP contribution in [0.25, 0.3) is 10.9 Å². The van der Waals surface area contributed by atoms with E-state index >= 15 is 0 Å². The Kier molecular flexibility index (Phi) is 7.62. The first-order chi connectivity index (χ1) is 12.2. The summed E-state index contributed by atoms with van der Waals surface area (Å²) < 4.78 is 4.85. The van der Waals surface area contributed by atoms with Crippen molar-refractivity contribution >= 4 is 46.8 Å². The molecule has 0 radical (unpaired) electrons. The van der Waals surface area contributed by atoms with Crippen LogP contribution in [0, 0.1) is 5.92 Å². The van der Waals surface area contributed by atoms with Gasteiger partial charge in [0, 0.05) is 38.3 Å². The van der Waals surface area contributed by atoms with Crippen LogP contribution in [0.15, 0.2) is 41.5 Å². The Morgan fingerprint density at radius 2 is 2.04 bits per heavy atom. The van der Waals surface area contributed by atoms with Gasteiger partial charge >= 0.3 is 5.97 Å². The van der Waals surface area contributed by atoms with Crippen LogP contribution in [0.3, 0.4) is 0 Å². The number of carbonyl (C=O) groups is 1. The van der Waals surface area contributed by atoms with E-state index in [1.807, 2.05) is 18.3 Å². The molecule has 0 unspecified atom stereocenters. The van der Waals surface area contributed by atoms with Crippen LogP contribution >= 0.6 is 24.0 Å². The minimum atomic E-state index is -0.107. The van der Waals surface area contributed by atoms with Crippen molar-refractivity contribution in [1.82, 2.24) is 15.2 Å². The van der Waals surface area contributed by atoms with Gasteiger partial charge in [-0.2, -0.15) is 0 Å². The molecule has 140 valence electrons. The third kappa shape index (κ3) is 4.63. The summed E-state index contributed by atoms with van der Waals surface area (Å²) in [7, 11) is 3.24. The third-order valence-corrected chi connectivity index (χ3v) is 4.69. The second kappa shape index (κ2) is 9.70. The van der Waals surface area contributed by atoms with E-state index in [9.17, 15) is 4.79 Å². The van der Waals surface area contributed by atoms with E-state index in [0.29, 0.717) is 6.54 Å². The van der Waals surface area contributed by atoms with Gasteiger partial charge in [0.15, 0.2) is 5.96 Å². The van der Waals surface area contributed by atoms with Gasteiger partial charge in [0.1, 0.15) is 0 Å². The minimum Gasteiger partial charge on any atom is -0.469 e. The van der Waals surface area contributed by atoms with Crippen molar-refractivity contribution in [2.75, 3.05) is 27.2 Å². The van der Waals surface area contributed by atoms with Gasteiger partial charge in [-0.1, -0.05) is 24.3 Å². The lowest BCUT2D eigenvalue weighted by Crippen LogP contribution is -2.46. The lowest BCUT2D eigenvalue weighted by molar-refractivity contribution is -0.146. The first-order valence-electron chi connectivity index (χ1n) is 8.59. The van der Waals surface area contributed by atoms with Crippen LogP contribution in [-0.4, -0.2) is 49.1 Å². The number of nitrogens with zero attached hydrogens (tertiary/aromatic N) is 3. The molecule has 1 fully saturated rings. The highest BCUT2D eigenvalue weighted by Gasteiger charge is 2.26. The fraction of sp³-hybridized carbons (Fsp3) is 0.421. The number of esters is 1. The van der Waals surface area contributed by atoms with Crippen molar-refractivity contribution in [3.05, 3.63) is 42.1 Å². The highest BCUT2D eigenvalue weighted by Crippen LogP contribution is 2.19. The van der Waals surface area contributed by atoms with E-state index in [4.69, 9.17) is 4.74 Å². The molecule has 2 heterocycles. The van der Waals surface area contributed by atoms with Crippen molar-refractivity contribution in [3.8, 4) is 0 Å². The number of hydrogen-bond donors (Lipinski definition) is 1. The molecule has 0 amide bonds. The number of hydrogen-bond acceptors (Lipinski definition) is 4. The summed E-state index contributed by atoms with van der Waals surface area (Å²) >= 11 is 0. The zero-order valence-electron chi connectivity index (χ0n) is 15.1. The fourth-order valence-corrected chi connectivity index (χ4v) is 3.31. The molecule has 6 nitrogen and oxygen atoms in total. The van der Waals surface area contributed by atoms with Gasteiger partial charge in [0.2, 0.25) is 0 Å². The molecule has 7 heteroatoms. The van der Waals surface area contributed by atoms with E-state index < -0.39 is 0 Å². The summed E-state index contributed by atoms with van der Waals surface area (Å²) in [6.45, 7) is 2.26. The summed E-state index contributed by atoms with van der Waals surface area (Å²) in [6, 6.07) is 10.2. The number of nitrogens with one attached hydrogen (secondary N) is 1. The van der Waals surface area contributed by atoms with Crippen molar-refractivity contribution < 1.29 is 9.53 Å². The summed E-state index contributed by atoms with van der Waals surface area (Å²) in [5.41, 5.74) is 2.15. The number of methoxy groups -OCH3 is 1. The number of aliphatic imine (C=N–C) groups is 1. The number of aromatic nitrogens is 1. The first kappa shape index (κ1) is 20.4. The predicted molar refractivity (Wildman–Crippen MR) is 114 cm³/mol. The Labute approximate surface area is 171 Å². The van der Waals surface area contributed by atoms with E-state index in [0.717, 1.165) is 48.4 Å². The largest absolute Gasteiger partial charge is 0.469 e. The minimum absolute atomic E-state index is 0. The highest BCUT2D eigenvalue weighted by atomic mass is 127. The molecule has 0 aliphatic carbocycles. The standard InChI is InChI=1S/C19H24N4O2.HI/c1-20-19(23-11-8-15(9-12-23)18(24)25-2)22-13-16-6-3-5-14-7-4-10-21-17(14)16;/h3-7,10,15H,8-9,11-13H2,1-2H3,(H,20,22);1H. The van der Waals surface area contributed by atoms with Crippen LogP contribution in [-0.2, 0) is 16.1 Å². The lowest BCUT2D eigenvalue weighted by atomic mass is 9.97. The molecule has 0 atom stereocenters. The molecule has 0 bridgehead atoms. The number of likely N-dealkylation sites (tertiary alicyclic amines) is 1. The number of halogens is 1. The zero-order valence-corrected chi connectivity index (χ0v) is 17.5. The molecule has 1 aromatic carbocycles. The first-order valence-corrected chi connectivity index (χ1v) is 8.59. The topological polar surface area (TPSA) is 66.8 Å². The average molecular weight is 468 g/mol. The molecular formula is C19H25IN4O2. The molecule has 1 aromatic heterocycles. The van der Waals surface area contributed by atoms with Crippen LogP contribution < -0.4 is 5.32 Å². The molecule has 1 aliphatic rings. The number of ether oxygens (including phenoxy) is 1. The van der Waals surface area contributed by atoms with Gasteiger partial charge in [-0.3, -0.25) is 14.8 Å². The lowest BCUT2D eigenvalue weighted by Gasteiger charge is -2.33. The molecular weight excluding hydrogens is 443 g/mol. The Morgan fingerprint density at radius 1 is 1.31 bits per heavy atom. The molecule has 1 aliphatic heterocycles. The number of guanidine groups is 1. The molecule has 1 saturated heterocycles. The normalized spacial score (nSPS) is 15.5. The summed E-state index contributed by atoms with van der Waals surface area (Å²) in [5, 5.41) is 4.56. The van der Waals surface area contributed by atoms with Crippen LogP contribution in [0.4, 0.5) is 0 Å². The third-order valence-electron chi connectivity index (χ3n) is 4.69. The summed E-state index contributed by atoms with van der Waals surface area (Å²) in [6.07, 6.45) is 3.41. The maximum atomic E-state index is 11.7. The molecule has 0 spiro atoms. The maximum absolute atomic E-state index is 11.7. The smallest absolute Gasteiger partial charge is 0.308 e. The fourth-order valence-electron chi connectivity index (χ4n) is 3.31.